The highest BCUT2D eigenvalue weighted by Crippen LogP contribution is 2.25. The number of amides is 1. The number of hydrogen-bond donors (Lipinski definition) is 1. The first-order valence-corrected chi connectivity index (χ1v) is 7.91. The van der Waals surface area contributed by atoms with E-state index in [1.165, 1.54) is 11.3 Å². The molecule has 0 aliphatic rings. The second-order valence-electron chi connectivity index (χ2n) is 5.26. The lowest BCUT2D eigenvalue weighted by atomic mass is 10.0. The zero-order valence-corrected chi connectivity index (χ0v) is 14.0. The topological polar surface area (TPSA) is 79.7 Å². The third-order valence-corrected chi connectivity index (χ3v) is 3.91. The normalized spacial score (nSPS) is 10.4. The maximum Gasteiger partial charge on any atom is 0.341 e. The van der Waals surface area contributed by atoms with E-state index < -0.39 is 12.6 Å². The molecule has 0 saturated carbocycles. The summed E-state index contributed by atoms with van der Waals surface area (Å²) in [4.78, 5) is 28.9. The van der Waals surface area contributed by atoms with Crippen LogP contribution in [0.4, 0.5) is 0 Å². The van der Waals surface area contributed by atoms with Crippen molar-refractivity contribution >= 4 is 23.2 Å². The number of carboxylic acid groups (broad SMARTS) is 1. The van der Waals surface area contributed by atoms with Gasteiger partial charge in [-0.1, -0.05) is 0 Å². The van der Waals surface area contributed by atoms with Crippen LogP contribution < -0.4 is 4.74 Å². The number of hydrogen-bond acceptors (Lipinski definition) is 5. The highest BCUT2D eigenvalue weighted by Gasteiger charge is 2.16. The molecule has 0 unspecified atom stereocenters. The maximum absolute atomic E-state index is 12.5. The predicted octanol–water partition coefficient (Wildman–Crippen LogP) is 2.50. The van der Waals surface area contributed by atoms with Gasteiger partial charge in [0.15, 0.2) is 6.61 Å². The lowest BCUT2D eigenvalue weighted by molar-refractivity contribution is -0.139. The van der Waals surface area contributed by atoms with Crippen LogP contribution in [0.25, 0.3) is 0 Å². The Balaban J connectivity index is 2.16. The Kier molecular flexibility index (Phi) is 5.33. The Hall–Kier alpha value is -2.41. The average molecular weight is 334 g/mol. The van der Waals surface area contributed by atoms with Crippen molar-refractivity contribution < 1.29 is 19.4 Å². The van der Waals surface area contributed by atoms with Crippen molar-refractivity contribution in [2.45, 2.75) is 20.4 Å². The smallest absolute Gasteiger partial charge is 0.341 e. The molecule has 1 heterocycles. The van der Waals surface area contributed by atoms with E-state index in [9.17, 15) is 9.59 Å². The third-order valence-electron chi connectivity index (χ3n) is 3.28. The monoisotopic (exact) mass is 334 g/mol. The number of carboxylic acids is 1. The number of aliphatic carboxylic acids is 1. The molecule has 2 rings (SSSR count). The van der Waals surface area contributed by atoms with Crippen LogP contribution in [-0.2, 0) is 11.3 Å². The summed E-state index contributed by atoms with van der Waals surface area (Å²) in [6.07, 6.45) is 0. The summed E-state index contributed by atoms with van der Waals surface area (Å²) in [6, 6.07) is 3.42. The second kappa shape index (κ2) is 7.23. The molecule has 23 heavy (non-hydrogen) atoms. The lowest BCUT2D eigenvalue weighted by Gasteiger charge is -2.18. The summed E-state index contributed by atoms with van der Waals surface area (Å²) in [5, 5.41) is 10.6. The first kappa shape index (κ1) is 17.0. The van der Waals surface area contributed by atoms with Gasteiger partial charge in [0.1, 0.15) is 5.75 Å². The second-order valence-corrected chi connectivity index (χ2v) is 5.98. The molecule has 0 atom stereocenters. The zero-order chi connectivity index (χ0) is 17.0. The van der Waals surface area contributed by atoms with E-state index in [1.807, 2.05) is 5.38 Å². The number of ether oxygens (including phenoxy) is 1. The van der Waals surface area contributed by atoms with Gasteiger partial charge in [-0.25, -0.2) is 9.78 Å². The fourth-order valence-corrected chi connectivity index (χ4v) is 2.84. The summed E-state index contributed by atoms with van der Waals surface area (Å²) in [5.41, 5.74) is 4.59. The molecule has 0 fully saturated rings. The molecule has 0 saturated heterocycles. The number of aryl methyl sites for hydroxylation is 2. The molecule has 1 N–H and O–H groups in total. The Labute approximate surface area is 138 Å². The minimum absolute atomic E-state index is 0.117. The summed E-state index contributed by atoms with van der Waals surface area (Å²) in [7, 11) is 1.72. The van der Waals surface area contributed by atoms with Gasteiger partial charge in [0.2, 0.25) is 0 Å². The number of rotatable bonds is 6. The molecular weight excluding hydrogens is 316 g/mol. The molecule has 2 aromatic rings. The van der Waals surface area contributed by atoms with Crippen LogP contribution in [0.15, 0.2) is 23.0 Å². The highest BCUT2D eigenvalue weighted by atomic mass is 32.1. The van der Waals surface area contributed by atoms with Crippen LogP contribution in [0.5, 0.6) is 5.75 Å². The van der Waals surface area contributed by atoms with E-state index in [1.54, 1.807) is 43.4 Å². The van der Waals surface area contributed by atoms with Crippen molar-refractivity contribution in [3.8, 4) is 5.75 Å². The van der Waals surface area contributed by atoms with Crippen LogP contribution in [-0.4, -0.2) is 40.5 Å². The van der Waals surface area contributed by atoms with Crippen molar-refractivity contribution in [3.63, 3.8) is 0 Å². The first-order chi connectivity index (χ1) is 10.9. The number of thiazole rings is 1. The Morgan fingerprint density at radius 1 is 1.30 bits per heavy atom. The summed E-state index contributed by atoms with van der Waals surface area (Å²) in [5.74, 6) is -0.646. The number of carbonyl (C=O) groups is 2. The summed E-state index contributed by atoms with van der Waals surface area (Å²) < 4.78 is 5.28. The number of benzene rings is 1. The summed E-state index contributed by atoms with van der Waals surface area (Å²) in [6.45, 7) is 3.62. The van der Waals surface area contributed by atoms with Gasteiger partial charge in [0.05, 0.1) is 17.7 Å². The lowest BCUT2D eigenvalue weighted by Crippen LogP contribution is -2.26. The van der Waals surface area contributed by atoms with Crippen LogP contribution in [0, 0.1) is 13.8 Å². The average Bonchev–Trinajstić information content (AvgIpc) is 2.97. The molecular formula is C16H18N2O4S. The van der Waals surface area contributed by atoms with Crippen molar-refractivity contribution in [2.75, 3.05) is 13.7 Å². The van der Waals surface area contributed by atoms with E-state index in [0.717, 1.165) is 16.8 Å². The maximum atomic E-state index is 12.5. The van der Waals surface area contributed by atoms with Gasteiger partial charge in [-0.05, 0) is 37.1 Å². The van der Waals surface area contributed by atoms with Crippen molar-refractivity contribution in [1.29, 1.82) is 0 Å². The van der Waals surface area contributed by atoms with Gasteiger partial charge in [0, 0.05) is 18.0 Å². The van der Waals surface area contributed by atoms with Crippen LogP contribution in [0.1, 0.15) is 27.2 Å². The first-order valence-electron chi connectivity index (χ1n) is 6.97. The SMILES string of the molecule is Cc1cc(C(=O)N(C)Cc2cscn2)cc(C)c1OCC(=O)O. The van der Waals surface area contributed by atoms with Gasteiger partial charge < -0.3 is 14.7 Å². The Morgan fingerprint density at radius 3 is 2.48 bits per heavy atom. The van der Waals surface area contributed by atoms with E-state index in [-0.39, 0.29) is 5.91 Å². The van der Waals surface area contributed by atoms with Gasteiger partial charge in [0.25, 0.3) is 5.91 Å². The molecule has 1 aromatic carbocycles. The van der Waals surface area contributed by atoms with E-state index >= 15 is 0 Å². The predicted molar refractivity (Wildman–Crippen MR) is 87.0 cm³/mol. The van der Waals surface area contributed by atoms with Crippen molar-refractivity contribution in [3.05, 3.63) is 45.4 Å². The molecule has 7 heteroatoms. The fraction of sp³-hybridized carbons (Fsp3) is 0.312. The minimum Gasteiger partial charge on any atom is -0.481 e. The standard InChI is InChI=1S/C16H18N2O4S/c1-10-4-12(5-11(2)15(10)22-7-14(19)20)16(21)18(3)6-13-8-23-9-17-13/h4-5,8-9H,6-7H2,1-3H3,(H,19,20). The minimum atomic E-state index is -1.04. The molecule has 122 valence electrons. The van der Waals surface area contributed by atoms with Crippen molar-refractivity contribution in [2.24, 2.45) is 0 Å². The van der Waals surface area contributed by atoms with Crippen LogP contribution in [0.3, 0.4) is 0 Å². The van der Waals surface area contributed by atoms with Gasteiger partial charge in [-0.15, -0.1) is 11.3 Å². The quantitative estimate of drug-likeness (QED) is 0.878. The number of carbonyl (C=O) groups excluding carboxylic acids is 1. The highest BCUT2D eigenvalue weighted by molar-refractivity contribution is 7.07. The third kappa shape index (κ3) is 4.29. The Bertz CT molecular complexity index is 690. The fourth-order valence-electron chi connectivity index (χ4n) is 2.29. The molecule has 0 bridgehead atoms. The van der Waals surface area contributed by atoms with Gasteiger partial charge in [-0.3, -0.25) is 4.79 Å². The molecule has 0 radical (unpaired) electrons. The van der Waals surface area contributed by atoms with E-state index in [0.29, 0.717) is 17.9 Å². The molecule has 0 aliphatic carbocycles. The van der Waals surface area contributed by atoms with Crippen molar-refractivity contribution in [1.82, 2.24) is 9.88 Å². The molecule has 0 spiro atoms. The van der Waals surface area contributed by atoms with E-state index in [2.05, 4.69) is 4.98 Å². The van der Waals surface area contributed by atoms with E-state index in [4.69, 9.17) is 9.84 Å². The van der Waals surface area contributed by atoms with Crippen LogP contribution in [0.2, 0.25) is 0 Å². The molecule has 0 aliphatic heterocycles. The van der Waals surface area contributed by atoms with Gasteiger partial charge >= 0.3 is 5.97 Å². The number of aromatic nitrogens is 1. The number of nitrogens with zero attached hydrogens (tertiary/aromatic N) is 2. The molecule has 6 nitrogen and oxygen atoms in total. The summed E-state index contributed by atoms with van der Waals surface area (Å²) >= 11 is 1.49. The van der Waals surface area contributed by atoms with Gasteiger partial charge in [-0.2, -0.15) is 0 Å². The van der Waals surface area contributed by atoms with Crippen LogP contribution >= 0.6 is 11.3 Å². The Morgan fingerprint density at radius 2 is 1.96 bits per heavy atom. The molecule has 1 aromatic heterocycles. The zero-order valence-electron chi connectivity index (χ0n) is 13.2. The largest absolute Gasteiger partial charge is 0.481 e. The molecule has 1 amide bonds.